The van der Waals surface area contributed by atoms with E-state index in [9.17, 15) is 13.9 Å². The normalized spacial score (nSPS) is 19.0. The Hall–Kier alpha value is -0.870. The van der Waals surface area contributed by atoms with Crippen LogP contribution >= 0.6 is 11.6 Å². The van der Waals surface area contributed by atoms with Gasteiger partial charge in [0, 0.05) is 5.54 Å². The van der Waals surface area contributed by atoms with Crippen molar-refractivity contribution >= 4 is 11.6 Å². The van der Waals surface area contributed by atoms with E-state index in [2.05, 4.69) is 0 Å². The number of hydrogen-bond acceptors (Lipinski definition) is 2. The van der Waals surface area contributed by atoms with Gasteiger partial charge >= 0.3 is 0 Å². The van der Waals surface area contributed by atoms with Gasteiger partial charge in [0.2, 0.25) is 0 Å². The molecule has 0 radical (unpaired) electrons. The molecule has 0 bridgehead atoms. The van der Waals surface area contributed by atoms with Crippen molar-refractivity contribution < 1.29 is 13.9 Å². The smallest absolute Gasteiger partial charge is 0.167 e. The summed E-state index contributed by atoms with van der Waals surface area (Å²) in [5, 5.41) is 9.51. The molecule has 0 saturated heterocycles. The molecule has 0 amide bonds. The van der Waals surface area contributed by atoms with Gasteiger partial charge in [0.15, 0.2) is 11.6 Å². The van der Waals surface area contributed by atoms with Crippen molar-refractivity contribution in [3.05, 3.63) is 28.3 Å². The van der Waals surface area contributed by atoms with Crippen molar-refractivity contribution in [3.8, 4) is 5.75 Å². The number of halogens is 3. The summed E-state index contributed by atoms with van der Waals surface area (Å²) in [5.41, 5.74) is 4.81. The number of phenols is 1. The molecule has 0 aliphatic heterocycles. The predicted molar refractivity (Wildman–Crippen MR) is 57.4 cm³/mol. The Morgan fingerprint density at radius 3 is 2.44 bits per heavy atom. The zero-order valence-corrected chi connectivity index (χ0v) is 9.32. The second-order valence-electron chi connectivity index (χ2n) is 4.24. The molecule has 1 aliphatic rings. The minimum absolute atomic E-state index is 0.185. The SMILES string of the molecule is NC1(c2c(O)c(Cl)cc(F)c2F)CCCC1. The third-order valence-electron chi connectivity index (χ3n) is 3.14. The third kappa shape index (κ3) is 1.66. The quantitative estimate of drug-likeness (QED) is 0.750. The van der Waals surface area contributed by atoms with Gasteiger partial charge in [-0.15, -0.1) is 0 Å². The summed E-state index contributed by atoms with van der Waals surface area (Å²) >= 11 is 5.62. The van der Waals surface area contributed by atoms with E-state index in [0.717, 1.165) is 18.9 Å². The van der Waals surface area contributed by atoms with Crippen molar-refractivity contribution in [1.82, 2.24) is 0 Å². The molecule has 1 aliphatic carbocycles. The van der Waals surface area contributed by atoms with Gasteiger partial charge in [0.05, 0.1) is 10.6 Å². The van der Waals surface area contributed by atoms with Crippen LogP contribution in [0.25, 0.3) is 0 Å². The van der Waals surface area contributed by atoms with Crippen molar-refractivity contribution in [2.75, 3.05) is 0 Å². The number of rotatable bonds is 1. The van der Waals surface area contributed by atoms with Crippen molar-refractivity contribution in [2.45, 2.75) is 31.2 Å². The summed E-state index contributed by atoms with van der Waals surface area (Å²) in [6.07, 6.45) is 2.72. The van der Waals surface area contributed by atoms with E-state index in [1.807, 2.05) is 0 Å². The number of aromatic hydroxyl groups is 1. The minimum Gasteiger partial charge on any atom is -0.506 e. The largest absolute Gasteiger partial charge is 0.506 e. The van der Waals surface area contributed by atoms with Crippen molar-refractivity contribution in [2.24, 2.45) is 5.73 Å². The van der Waals surface area contributed by atoms with Crippen LogP contribution in [-0.4, -0.2) is 5.11 Å². The summed E-state index contributed by atoms with van der Waals surface area (Å²) in [4.78, 5) is 0. The van der Waals surface area contributed by atoms with Crippen LogP contribution in [0.5, 0.6) is 5.75 Å². The molecule has 0 heterocycles. The highest BCUT2D eigenvalue weighted by Gasteiger charge is 2.38. The van der Waals surface area contributed by atoms with Crippen molar-refractivity contribution in [1.29, 1.82) is 0 Å². The standard InChI is InChI=1S/C11H12ClF2NO/c12-6-5-7(13)9(14)8(10(6)16)11(15)3-1-2-4-11/h5,16H,1-4,15H2. The summed E-state index contributed by atoms with van der Waals surface area (Å²) < 4.78 is 26.9. The Bertz CT molecular complexity index is 404. The van der Waals surface area contributed by atoms with Crippen LogP contribution in [0.3, 0.4) is 0 Å². The Morgan fingerprint density at radius 2 is 1.88 bits per heavy atom. The Morgan fingerprint density at radius 1 is 1.31 bits per heavy atom. The van der Waals surface area contributed by atoms with Crippen molar-refractivity contribution in [3.63, 3.8) is 0 Å². The predicted octanol–water partition coefficient (Wildman–Crippen LogP) is 3.05. The van der Waals surface area contributed by atoms with Gasteiger partial charge < -0.3 is 10.8 Å². The van der Waals surface area contributed by atoms with E-state index >= 15 is 0 Å². The lowest BCUT2D eigenvalue weighted by Crippen LogP contribution is -2.34. The molecule has 1 fully saturated rings. The van der Waals surface area contributed by atoms with Crippen LogP contribution in [0, 0.1) is 11.6 Å². The summed E-state index contributed by atoms with van der Waals surface area (Å²) in [7, 11) is 0. The number of nitrogens with two attached hydrogens (primary N) is 1. The van der Waals surface area contributed by atoms with Gasteiger partial charge in [-0.1, -0.05) is 24.4 Å². The maximum Gasteiger partial charge on any atom is 0.167 e. The topological polar surface area (TPSA) is 46.2 Å². The van der Waals surface area contributed by atoms with Crippen LogP contribution in [-0.2, 0) is 5.54 Å². The zero-order chi connectivity index (χ0) is 11.9. The molecule has 1 saturated carbocycles. The summed E-state index contributed by atoms with van der Waals surface area (Å²) in [5.74, 6) is -2.61. The highest BCUT2D eigenvalue weighted by Crippen LogP contribution is 2.44. The first-order valence-electron chi connectivity index (χ1n) is 5.11. The van der Waals surface area contributed by atoms with Crippen LogP contribution in [0.1, 0.15) is 31.2 Å². The molecule has 16 heavy (non-hydrogen) atoms. The first-order chi connectivity index (χ1) is 7.46. The summed E-state index contributed by atoms with van der Waals surface area (Å²) in [6, 6.07) is 0.758. The molecule has 88 valence electrons. The van der Waals surface area contributed by atoms with E-state index < -0.39 is 22.9 Å². The molecule has 1 aromatic rings. The van der Waals surface area contributed by atoms with Gasteiger partial charge in [-0.05, 0) is 18.9 Å². The molecule has 0 atom stereocenters. The highest BCUT2D eigenvalue weighted by molar-refractivity contribution is 6.32. The molecule has 5 heteroatoms. The molecule has 0 aromatic heterocycles. The van der Waals surface area contributed by atoms with Gasteiger partial charge in [0.25, 0.3) is 0 Å². The molecular formula is C11H12ClF2NO. The first-order valence-corrected chi connectivity index (χ1v) is 5.49. The Kier molecular flexibility index (Phi) is 2.80. The van der Waals surface area contributed by atoms with E-state index in [4.69, 9.17) is 17.3 Å². The van der Waals surface area contributed by atoms with E-state index in [0.29, 0.717) is 12.8 Å². The lowest BCUT2D eigenvalue weighted by Gasteiger charge is -2.26. The highest BCUT2D eigenvalue weighted by atomic mass is 35.5. The van der Waals surface area contributed by atoms with Gasteiger partial charge in [-0.3, -0.25) is 0 Å². The average molecular weight is 248 g/mol. The van der Waals surface area contributed by atoms with Crippen LogP contribution < -0.4 is 5.73 Å². The lowest BCUT2D eigenvalue weighted by molar-refractivity contribution is 0.374. The maximum absolute atomic E-state index is 13.7. The van der Waals surface area contributed by atoms with Crippen LogP contribution in [0.15, 0.2) is 6.07 Å². The first kappa shape index (κ1) is 11.6. The van der Waals surface area contributed by atoms with Crippen LogP contribution in [0.4, 0.5) is 8.78 Å². The lowest BCUT2D eigenvalue weighted by atomic mass is 9.88. The monoisotopic (exact) mass is 247 g/mol. The molecule has 3 N–H and O–H groups in total. The molecule has 2 nitrogen and oxygen atoms in total. The fourth-order valence-corrected chi connectivity index (χ4v) is 2.49. The fraction of sp³-hybridized carbons (Fsp3) is 0.455. The fourth-order valence-electron chi connectivity index (χ4n) is 2.30. The van der Waals surface area contributed by atoms with Gasteiger partial charge in [-0.25, -0.2) is 8.78 Å². The molecule has 0 unspecified atom stereocenters. The van der Waals surface area contributed by atoms with E-state index in [1.165, 1.54) is 0 Å². The second-order valence-corrected chi connectivity index (χ2v) is 4.65. The van der Waals surface area contributed by atoms with Gasteiger partial charge in [-0.2, -0.15) is 0 Å². The number of phenolic OH excluding ortho intramolecular Hbond substituents is 1. The molecule has 0 spiro atoms. The maximum atomic E-state index is 13.7. The number of hydrogen-bond donors (Lipinski definition) is 2. The second kappa shape index (κ2) is 3.86. The van der Waals surface area contributed by atoms with E-state index in [1.54, 1.807) is 0 Å². The zero-order valence-electron chi connectivity index (χ0n) is 8.56. The Balaban J connectivity index is 2.63. The molecular weight excluding hydrogens is 236 g/mol. The third-order valence-corrected chi connectivity index (χ3v) is 3.43. The molecule has 2 rings (SSSR count). The average Bonchev–Trinajstić information content (AvgIpc) is 2.63. The van der Waals surface area contributed by atoms with Gasteiger partial charge in [0.1, 0.15) is 5.75 Å². The number of benzene rings is 1. The van der Waals surface area contributed by atoms with E-state index in [-0.39, 0.29) is 10.6 Å². The summed E-state index contributed by atoms with van der Waals surface area (Å²) in [6.45, 7) is 0. The molecule has 1 aromatic carbocycles. The van der Waals surface area contributed by atoms with Crippen LogP contribution in [0.2, 0.25) is 5.02 Å². The minimum atomic E-state index is -1.09. The Labute approximate surface area is 97.0 Å².